The van der Waals surface area contributed by atoms with Gasteiger partial charge in [-0.1, -0.05) is 18.2 Å². The predicted molar refractivity (Wildman–Crippen MR) is 104 cm³/mol. The number of hydrogen-bond donors (Lipinski definition) is 1. The molecule has 6 heteroatoms. The number of aromatic amines is 1. The van der Waals surface area contributed by atoms with E-state index in [2.05, 4.69) is 4.98 Å². The molecular formula is C22H19FN2O3. The van der Waals surface area contributed by atoms with Crippen molar-refractivity contribution in [3.63, 3.8) is 0 Å². The third-order valence-electron chi connectivity index (χ3n) is 4.14. The minimum Gasteiger partial charge on any atom is -0.490 e. The summed E-state index contributed by atoms with van der Waals surface area (Å²) in [6.07, 6.45) is 0. The molecule has 0 aliphatic heterocycles. The second kappa shape index (κ2) is 8.40. The fraction of sp³-hybridized carbons (Fsp3) is 0.182. The number of halogens is 1. The van der Waals surface area contributed by atoms with Gasteiger partial charge in [0.05, 0.1) is 6.61 Å². The first-order valence-corrected chi connectivity index (χ1v) is 8.80. The van der Waals surface area contributed by atoms with E-state index < -0.39 is 5.56 Å². The average Bonchev–Trinajstić information content (AvgIpc) is 2.68. The molecule has 0 aliphatic carbocycles. The van der Waals surface area contributed by atoms with Crippen LogP contribution in [0.4, 0.5) is 4.39 Å². The van der Waals surface area contributed by atoms with Crippen LogP contribution >= 0.6 is 0 Å². The Bertz CT molecular complexity index is 1080. The van der Waals surface area contributed by atoms with Crippen LogP contribution in [0.15, 0.2) is 53.3 Å². The van der Waals surface area contributed by atoms with Crippen LogP contribution in [-0.4, -0.2) is 11.6 Å². The smallest absolute Gasteiger partial charge is 0.266 e. The zero-order valence-corrected chi connectivity index (χ0v) is 15.6. The van der Waals surface area contributed by atoms with E-state index in [4.69, 9.17) is 9.47 Å². The highest BCUT2D eigenvalue weighted by Gasteiger charge is 2.14. The number of hydrogen-bond acceptors (Lipinski definition) is 4. The molecular weight excluding hydrogens is 359 g/mol. The molecule has 0 aliphatic rings. The minimum absolute atomic E-state index is 0.0491. The van der Waals surface area contributed by atoms with Gasteiger partial charge in [0.2, 0.25) is 0 Å². The Morgan fingerprint density at radius 3 is 2.50 bits per heavy atom. The van der Waals surface area contributed by atoms with Gasteiger partial charge in [0.1, 0.15) is 24.1 Å². The lowest BCUT2D eigenvalue weighted by Gasteiger charge is -2.14. The third kappa shape index (κ3) is 4.21. The molecule has 5 nitrogen and oxygen atoms in total. The minimum atomic E-state index is -0.424. The Kier molecular flexibility index (Phi) is 5.75. The molecule has 1 N–H and O–H groups in total. The van der Waals surface area contributed by atoms with E-state index in [0.717, 1.165) is 5.56 Å². The van der Waals surface area contributed by atoms with Crippen LogP contribution in [0.5, 0.6) is 11.5 Å². The number of rotatable bonds is 6. The largest absolute Gasteiger partial charge is 0.490 e. The molecule has 0 fully saturated rings. The van der Waals surface area contributed by atoms with Crippen molar-refractivity contribution < 1.29 is 13.9 Å². The van der Waals surface area contributed by atoms with E-state index in [9.17, 15) is 14.4 Å². The van der Waals surface area contributed by atoms with Crippen molar-refractivity contribution in [3.8, 4) is 28.7 Å². The normalized spacial score (nSPS) is 10.4. The van der Waals surface area contributed by atoms with Crippen molar-refractivity contribution in [2.45, 2.75) is 20.5 Å². The molecule has 3 rings (SSSR count). The van der Waals surface area contributed by atoms with Gasteiger partial charge < -0.3 is 14.5 Å². The number of pyridine rings is 1. The quantitative estimate of drug-likeness (QED) is 0.692. The van der Waals surface area contributed by atoms with Crippen LogP contribution in [-0.2, 0) is 6.61 Å². The van der Waals surface area contributed by atoms with Gasteiger partial charge in [0, 0.05) is 11.3 Å². The molecule has 1 aromatic heterocycles. The van der Waals surface area contributed by atoms with Crippen molar-refractivity contribution in [2.75, 3.05) is 6.61 Å². The first kappa shape index (κ1) is 19.2. The molecule has 142 valence electrons. The van der Waals surface area contributed by atoms with Gasteiger partial charge in [0.15, 0.2) is 11.5 Å². The van der Waals surface area contributed by atoms with Gasteiger partial charge >= 0.3 is 0 Å². The van der Waals surface area contributed by atoms with Gasteiger partial charge in [-0.2, -0.15) is 5.26 Å². The molecule has 3 aromatic rings. The molecule has 0 saturated heterocycles. The van der Waals surface area contributed by atoms with E-state index in [1.165, 1.54) is 12.1 Å². The Hall–Kier alpha value is -3.59. The van der Waals surface area contributed by atoms with Crippen molar-refractivity contribution >= 4 is 0 Å². The monoisotopic (exact) mass is 378 g/mol. The molecule has 0 unspecified atom stereocenters. The Balaban J connectivity index is 1.94. The second-order valence-corrected chi connectivity index (χ2v) is 6.19. The highest BCUT2D eigenvalue weighted by molar-refractivity contribution is 5.72. The first-order chi connectivity index (χ1) is 13.5. The number of nitrogens with zero attached hydrogens (tertiary/aromatic N) is 1. The van der Waals surface area contributed by atoms with Gasteiger partial charge in [-0.15, -0.1) is 0 Å². The fourth-order valence-electron chi connectivity index (χ4n) is 2.83. The third-order valence-corrected chi connectivity index (χ3v) is 4.14. The Labute approximate surface area is 162 Å². The fourth-order valence-corrected chi connectivity index (χ4v) is 2.83. The van der Waals surface area contributed by atoms with Crippen molar-refractivity contribution in [1.82, 2.24) is 4.98 Å². The standard InChI is InChI=1S/C22H19FN2O3/c1-3-27-21-11-16(18-10-14(2)25-22(26)19(18)12-24)6-9-20(21)28-13-15-4-7-17(23)8-5-15/h4-11H,3,13H2,1-2H3,(H,25,26). The number of H-pyrrole nitrogens is 1. The zero-order valence-electron chi connectivity index (χ0n) is 15.6. The number of nitrogens with one attached hydrogen (secondary N) is 1. The summed E-state index contributed by atoms with van der Waals surface area (Å²) in [5, 5.41) is 9.36. The van der Waals surface area contributed by atoms with Crippen molar-refractivity contribution in [3.05, 3.63) is 81.5 Å². The molecule has 0 radical (unpaired) electrons. The van der Waals surface area contributed by atoms with Crippen LogP contribution in [0.3, 0.4) is 0 Å². The predicted octanol–water partition coefficient (Wildman–Crippen LogP) is 4.34. The number of ether oxygens (including phenoxy) is 2. The highest BCUT2D eigenvalue weighted by atomic mass is 19.1. The van der Waals surface area contributed by atoms with E-state index in [1.54, 1.807) is 43.3 Å². The van der Waals surface area contributed by atoms with Gasteiger partial charge in [-0.05, 0) is 55.3 Å². The Morgan fingerprint density at radius 2 is 1.82 bits per heavy atom. The van der Waals surface area contributed by atoms with Crippen LogP contribution < -0.4 is 15.0 Å². The summed E-state index contributed by atoms with van der Waals surface area (Å²) >= 11 is 0. The lowest BCUT2D eigenvalue weighted by Crippen LogP contribution is -2.12. The van der Waals surface area contributed by atoms with Gasteiger partial charge in [-0.3, -0.25) is 4.79 Å². The molecule has 0 atom stereocenters. The lowest BCUT2D eigenvalue weighted by atomic mass is 10.0. The number of aryl methyl sites for hydroxylation is 1. The zero-order chi connectivity index (χ0) is 20.1. The maximum atomic E-state index is 13.0. The molecule has 0 saturated carbocycles. The molecule has 0 spiro atoms. The molecule has 1 heterocycles. The van der Waals surface area contributed by atoms with Gasteiger partial charge in [-0.25, -0.2) is 4.39 Å². The number of benzene rings is 2. The summed E-state index contributed by atoms with van der Waals surface area (Å²) in [5.74, 6) is 0.725. The van der Waals surface area contributed by atoms with E-state index in [1.807, 2.05) is 13.0 Å². The van der Waals surface area contributed by atoms with Crippen molar-refractivity contribution in [1.29, 1.82) is 5.26 Å². The molecule has 28 heavy (non-hydrogen) atoms. The van der Waals surface area contributed by atoms with Crippen LogP contribution in [0.2, 0.25) is 0 Å². The second-order valence-electron chi connectivity index (χ2n) is 6.19. The molecule has 0 bridgehead atoms. The molecule has 0 amide bonds. The maximum absolute atomic E-state index is 13.0. The van der Waals surface area contributed by atoms with Crippen molar-refractivity contribution in [2.24, 2.45) is 0 Å². The van der Waals surface area contributed by atoms with E-state index in [0.29, 0.717) is 34.9 Å². The first-order valence-electron chi connectivity index (χ1n) is 8.80. The topological polar surface area (TPSA) is 75.1 Å². The van der Waals surface area contributed by atoms with E-state index in [-0.39, 0.29) is 18.0 Å². The van der Waals surface area contributed by atoms with Crippen LogP contribution in [0.1, 0.15) is 23.7 Å². The van der Waals surface area contributed by atoms with Crippen LogP contribution in [0, 0.1) is 24.1 Å². The maximum Gasteiger partial charge on any atom is 0.266 e. The highest BCUT2D eigenvalue weighted by Crippen LogP contribution is 2.34. The lowest BCUT2D eigenvalue weighted by molar-refractivity contribution is 0.269. The van der Waals surface area contributed by atoms with Gasteiger partial charge in [0.25, 0.3) is 5.56 Å². The number of aromatic nitrogens is 1. The summed E-state index contributed by atoms with van der Waals surface area (Å²) in [4.78, 5) is 14.7. The van der Waals surface area contributed by atoms with Crippen LogP contribution in [0.25, 0.3) is 11.1 Å². The summed E-state index contributed by atoms with van der Waals surface area (Å²) < 4.78 is 24.5. The Morgan fingerprint density at radius 1 is 1.07 bits per heavy atom. The summed E-state index contributed by atoms with van der Waals surface area (Å²) in [5.41, 5.74) is 2.33. The summed E-state index contributed by atoms with van der Waals surface area (Å²) in [6, 6.07) is 15.0. The average molecular weight is 378 g/mol. The summed E-state index contributed by atoms with van der Waals surface area (Å²) in [6.45, 7) is 4.30. The molecule has 2 aromatic carbocycles. The summed E-state index contributed by atoms with van der Waals surface area (Å²) in [7, 11) is 0. The SMILES string of the molecule is CCOc1cc(-c2cc(C)[nH]c(=O)c2C#N)ccc1OCc1ccc(F)cc1. The number of nitriles is 1. The van der Waals surface area contributed by atoms with E-state index >= 15 is 0 Å².